The first-order valence-electron chi connectivity index (χ1n) is 7.12. The topological polar surface area (TPSA) is 69.9 Å². The SMILES string of the molecule is CCSc1n[n+]2c(c(=O)[nH]1)-c1ccccc1N(C(C)=O)[C@@H]2C. The second-order valence-corrected chi connectivity index (χ2v) is 6.28. The number of hydrogen-bond acceptors (Lipinski definition) is 4. The van der Waals surface area contributed by atoms with Gasteiger partial charge in [-0.15, -0.1) is 0 Å². The molecule has 1 aliphatic heterocycles. The number of nitrogens with one attached hydrogen (secondary N) is 1. The van der Waals surface area contributed by atoms with Crippen LogP contribution in [0.1, 0.15) is 26.9 Å². The van der Waals surface area contributed by atoms with E-state index in [-0.39, 0.29) is 17.6 Å². The lowest BCUT2D eigenvalue weighted by atomic mass is 10.1. The number of aromatic amines is 1. The predicted molar refractivity (Wildman–Crippen MR) is 84.8 cm³/mol. The Bertz CT molecular complexity index is 802. The minimum absolute atomic E-state index is 0.0788. The van der Waals surface area contributed by atoms with E-state index in [0.717, 1.165) is 17.0 Å². The summed E-state index contributed by atoms with van der Waals surface area (Å²) in [4.78, 5) is 29.1. The van der Waals surface area contributed by atoms with Crippen LogP contribution in [0.5, 0.6) is 0 Å². The number of fused-ring (bicyclic) bond motifs is 3. The number of thioether (sulfide) groups is 1. The van der Waals surface area contributed by atoms with E-state index in [1.54, 1.807) is 9.58 Å². The van der Waals surface area contributed by atoms with Gasteiger partial charge in [-0.3, -0.25) is 19.5 Å². The van der Waals surface area contributed by atoms with Gasteiger partial charge in [0.1, 0.15) is 0 Å². The molecule has 1 N–H and O–H groups in total. The van der Waals surface area contributed by atoms with Crippen molar-refractivity contribution in [2.45, 2.75) is 32.1 Å². The van der Waals surface area contributed by atoms with Crippen LogP contribution in [-0.4, -0.2) is 21.7 Å². The maximum atomic E-state index is 12.5. The van der Waals surface area contributed by atoms with Gasteiger partial charge in [0, 0.05) is 18.9 Å². The number of aromatic nitrogens is 3. The van der Waals surface area contributed by atoms with Gasteiger partial charge in [-0.05, 0) is 17.9 Å². The van der Waals surface area contributed by atoms with Crippen molar-refractivity contribution in [2.24, 2.45) is 0 Å². The fraction of sp³-hybridized carbons (Fsp3) is 0.333. The minimum atomic E-state index is -0.346. The first-order valence-corrected chi connectivity index (χ1v) is 8.11. The van der Waals surface area contributed by atoms with Crippen LogP contribution in [-0.2, 0) is 4.79 Å². The molecular weight excluding hydrogens is 300 g/mol. The second kappa shape index (κ2) is 5.57. The Morgan fingerprint density at radius 3 is 2.86 bits per heavy atom. The molecule has 1 atom stereocenters. The van der Waals surface area contributed by atoms with Gasteiger partial charge >= 0.3 is 11.3 Å². The van der Waals surface area contributed by atoms with E-state index < -0.39 is 0 Å². The van der Waals surface area contributed by atoms with E-state index in [1.807, 2.05) is 38.1 Å². The molecule has 0 saturated carbocycles. The average molecular weight is 317 g/mol. The van der Waals surface area contributed by atoms with Gasteiger partial charge in [-0.2, -0.15) is 0 Å². The summed E-state index contributed by atoms with van der Waals surface area (Å²) < 4.78 is 1.64. The summed E-state index contributed by atoms with van der Waals surface area (Å²) in [5, 5.41) is 5.07. The van der Waals surface area contributed by atoms with Crippen LogP contribution in [0.25, 0.3) is 11.3 Å². The van der Waals surface area contributed by atoms with Crippen LogP contribution in [0.3, 0.4) is 0 Å². The lowest BCUT2D eigenvalue weighted by Crippen LogP contribution is -2.59. The summed E-state index contributed by atoms with van der Waals surface area (Å²) in [6.45, 7) is 5.39. The van der Waals surface area contributed by atoms with Crippen molar-refractivity contribution in [1.29, 1.82) is 0 Å². The number of hydrogen-bond donors (Lipinski definition) is 1. The van der Waals surface area contributed by atoms with E-state index >= 15 is 0 Å². The summed E-state index contributed by atoms with van der Waals surface area (Å²) in [7, 11) is 0. The molecule has 1 aliphatic rings. The van der Waals surface area contributed by atoms with Crippen molar-refractivity contribution < 1.29 is 9.48 Å². The zero-order valence-corrected chi connectivity index (χ0v) is 13.5. The highest BCUT2D eigenvalue weighted by molar-refractivity contribution is 7.99. The third-order valence-corrected chi connectivity index (χ3v) is 4.38. The molecule has 22 heavy (non-hydrogen) atoms. The normalized spacial score (nSPS) is 16.1. The fourth-order valence-corrected chi connectivity index (χ4v) is 3.36. The van der Waals surface area contributed by atoms with Gasteiger partial charge in [0.05, 0.1) is 11.3 Å². The molecule has 0 fully saturated rings. The molecule has 0 spiro atoms. The molecule has 2 aromatic rings. The number of amides is 1. The summed E-state index contributed by atoms with van der Waals surface area (Å²) in [5.74, 6) is 0.730. The van der Waals surface area contributed by atoms with E-state index in [9.17, 15) is 9.59 Å². The number of anilines is 1. The Morgan fingerprint density at radius 2 is 2.18 bits per heavy atom. The van der Waals surface area contributed by atoms with Crippen LogP contribution < -0.4 is 15.1 Å². The molecule has 6 nitrogen and oxygen atoms in total. The van der Waals surface area contributed by atoms with Crippen molar-refractivity contribution in [3.63, 3.8) is 0 Å². The van der Waals surface area contributed by atoms with Gasteiger partial charge in [0.2, 0.25) is 11.1 Å². The first-order chi connectivity index (χ1) is 10.5. The molecule has 0 saturated heterocycles. The van der Waals surface area contributed by atoms with Gasteiger partial charge in [0.25, 0.3) is 6.17 Å². The number of H-pyrrole nitrogens is 1. The van der Waals surface area contributed by atoms with Crippen molar-refractivity contribution in [3.8, 4) is 11.3 Å². The molecule has 7 heteroatoms. The summed E-state index contributed by atoms with van der Waals surface area (Å²) in [5.41, 5.74) is 1.76. The quantitative estimate of drug-likeness (QED) is 0.676. The van der Waals surface area contributed by atoms with Gasteiger partial charge in [-0.1, -0.05) is 35.5 Å². The molecule has 1 amide bonds. The third kappa shape index (κ3) is 2.21. The van der Waals surface area contributed by atoms with E-state index in [2.05, 4.69) is 10.1 Å². The average Bonchev–Trinajstić information content (AvgIpc) is 2.47. The third-order valence-electron chi connectivity index (χ3n) is 3.63. The number of carbonyl (C=O) groups is 1. The molecule has 0 radical (unpaired) electrons. The van der Waals surface area contributed by atoms with Gasteiger partial charge in [-0.25, -0.2) is 0 Å². The second-order valence-electron chi connectivity index (χ2n) is 5.02. The summed E-state index contributed by atoms with van der Waals surface area (Å²) in [6.07, 6.45) is -0.346. The standard InChI is InChI=1S/C15H16N4O2S/c1-4-22-15-16-14(21)13-11-7-5-6-8-12(11)18(10(3)20)9(2)19(13)17-15/h5-9H,4H2,1-3H3/p+1/t9-/m0/s1. The zero-order valence-electron chi connectivity index (χ0n) is 12.7. The minimum Gasteiger partial charge on any atom is -0.291 e. The number of nitrogens with zero attached hydrogens (tertiary/aromatic N) is 3. The van der Waals surface area contributed by atoms with Gasteiger partial charge in [0.15, 0.2) is 0 Å². The molecule has 1 aromatic heterocycles. The lowest BCUT2D eigenvalue weighted by molar-refractivity contribution is -0.768. The van der Waals surface area contributed by atoms with Crippen LogP contribution in [0.15, 0.2) is 34.2 Å². The first kappa shape index (κ1) is 14.8. The van der Waals surface area contributed by atoms with E-state index in [0.29, 0.717) is 10.9 Å². The van der Waals surface area contributed by atoms with Crippen LogP contribution in [0.2, 0.25) is 0 Å². The zero-order chi connectivity index (χ0) is 15.9. The summed E-state index contributed by atoms with van der Waals surface area (Å²) >= 11 is 1.46. The number of benzene rings is 1. The highest BCUT2D eigenvalue weighted by atomic mass is 32.2. The molecule has 0 unspecified atom stereocenters. The molecule has 0 bridgehead atoms. The Balaban J connectivity index is 2.30. The Kier molecular flexibility index (Phi) is 3.74. The van der Waals surface area contributed by atoms with Crippen LogP contribution >= 0.6 is 11.8 Å². The molecule has 3 rings (SSSR count). The van der Waals surface area contributed by atoms with Crippen molar-refractivity contribution >= 4 is 23.4 Å². The van der Waals surface area contributed by atoms with E-state index in [1.165, 1.54) is 18.7 Å². The largest absolute Gasteiger partial charge is 0.325 e. The summed E-state index contributed by atoms with van der Waals surface area (Å²) in [6, 6.07) is 7.41. The Labute approximate surface area is 132 Å². The lowest BCUT2D eigenvalue weighted by Gasteiger charge is -2.29. The van der Waals surface area contributed by atoms with Gasteiger partial charge < -0.3 is 0 Å². The molecule has 114 valence electrons. The number of carbonyl (C=O) groups excluding carboxylic acids is 1. The Morgan fingerprint density at radius 1 is 1.45 bits per heavy atom. The highest BCUT2D eigenvalue weighted by Gasteiger charge is 2.40. The maximum Gasteiger partial charge on any atom is 0.325 e. The molecule has 1 aromatic carbocycles. The van der Waals surface area contributed by atoms with Crippen molar-refractivity contribution in [3.05, 3.63) is 34.6 Å². The van der Waals surface area contributed by atoms with Crippen LogP contribution in [0, 0.1) is 0 Å². The Hall–Kier alpha value is -2.15. The molecule has 2 heterocycles. The van der Waals surface area contributed by atoms with Crippen molar-refractivity contribution in [2.75, 3.05) is 10.7 Å². The molecular formula is C15H17N4O2S+. The number of para-hydroxylation sites is 1. The van der Waals surface area contributed by atoms with Crippen molar-refractivity contribution in [1.82, 2.24) is 10.1 Å². The highest BCUT2D eigenvalue weighted by Crippen LogP contribution is 2.34. The maximum absolute atomic E-state index is 12.5. The fourth-order valence-electron chi connectivity index (χ4n) is 2.78. The predicted octanol–water partition coefficient (Wildman–Crippen LogP) is 1.72. The van der Waals surface area contributed by atoms with E-state index in [4.69, 9.17) is 0 Å². The monoisotopic (exact) mass is 317 g/mol. The molecule has 0 aliphatic carbocycles. The number of rotatable bonds is 2. The van der Waals surface area contributed by atoms with Crippen LogP contribution in [0.4, 0.5) is 5.69 Å². The smallest absolute Gasteiger partial charge is 0.291 e.